The molecule has 10 nitrogen and oxygen atoms in total. The topological polar surface area (TPSA) is 103 Å². The van der Waals surface area contributed by atoms with Crippen molar-refractivity contribution in [3.8, 4) is 0 Å². The molecule has 0 saturated carbocycles. The number of amides is 2. The van der Waals surface area contributed by atoms with Gasteiger partial charge in [0.15, 0.2) is 0 Å². The largest absolute Gasteiger partial charge is 0.385 e. The number of nitrogens with zero attached hydrogens (tertiary/aromatic N) is 5. The smallest absolute Gasteiger partial charge is 0.259 e. The molecular weight excluding hydrogens is 542 g/mol. The maximum atomic E-state index is 14.3. The average Bonchev–Trinajstić information content (AvgIpc) is 3.01. The predicted molar refractivity (Wildman–Crippen MR) is 172 cm³/mol. The van der Waals surface area contributed by atoms with Crippen LogP contribution < -0.4 is 15.5 Å². The normalized spacial score (nSPS) is 19.4. The molecule has 2 aliphatic rings. The van der Waals surface area contributed by atoms with Gasteiger partial charge in [0.05, 0.1) is 5.92 Å². The third kappa shape index (κ3) is 8.66. The lowest BCUT2D eigenvalue weighted by atomic mass is 9.92. The monoisotopic (exact) mass is 593 g/mol. The van der Waals surface area contributed by atoms with Crippen molar-refractivity contribution in [1.29, 1.82) is 0 Å². The zero-order valence-corrected chi connectivity index (χ0v) is 26.9. The van der Waals surface area contributed by atoms with E-state index >= 15 is 0 Å². The van der Waals surface area contributed by atoms with Gasteiger partial charge in [0.25, 0.3) is 5.91 Å². The molecule has 0 radical (unpaired) electrons. The second kappa shape index (κ2) is 15.0. The van der Waals surface area contributed by atoms with E-state index in [-0.39, 0.29) is 35.1 Å². The van der Waals surface area contributed by atoms with Gasteiger partial charge in [-0.2, -0.15) is 0 Å². The number of ether oxygens (including phenoxy) is 1. The summed E-state index contributed by atoms with van der Waals surface area (Å²) in [5.74, 6) is 1.42. The maximum Gasteiger partial charge on any atom is 0.259 e. The van der Waals surface area contributed by atoms with Crippen molar-refractivity contribution >= 4 is 23.3 Å². The molecule has 2 N–H and O–H groups in total. The molecule has 10 heteroatoms. The van der Waals surface area contributed by atoms with E-state index in [9.17, 15) is 9.59 Å². The fourth-order valence-electron chi connectivity index (χ4n) is 5.83. The van der Waals surface area contributed by atoms with Crippen LogP contribution in [0.5, 0.6) is 0 Å². The van der Waals surface area contributed by atoms with Gasteiger partial charge >= 0.3 is 0 Å². The summed E-state index contributed by atoms with van der Waals surface area (Å²) in [6, 6.07) is 10.3. The summed E-state index contributed by atoms with van der Waals surface area (Å²) in [6.07, 6.45) is 3.11. The molecule has 2 atom stereocenters. The van der Waals surface area contributed by atoms with Crippen molar-refractivity contribution in [2.45, 2.75) is 58.9 Å². The highest BCUT2D eigenvalue weighted by Crippen LogP contribution is 2.26. The summed E-state index contributed by atoms with van der Waals surface area (Å²) in [7, 11) is 1.68. The van der Waals surface area contributed by atoms with Crippen molar-refractivity contribution < 1.29 is 14.3 Å². The van der Waals surface area contributed by atoms with Gasteiger partial charge in [0.2, 0.25) is 5.91 Å². The second-order valence-electron chi connectivity index (χ2n) is 13.2. The van der Waals surface area contributed by atoms with E-state index in [0.29, 0.717) is 69.5 Å². The number of piperazine rings is 1. The Balaban J connectivity index is 1.48. The van der Waals surface area contributed by atoms with Gasteiger partial charge in [0.1, 0.15) is 17.2 Å². The second-order valence-corrected chi connectivity index (χ2v) is 13.2. The molecule has 4 rings (SSSR count). The van der Waals surface area contributed by atoms with Gasteiger partial charge in [-0.05, 0) is 30.9 Å². The van der Waals surface area contributed by atoms with Gasteiger partial charge in [-0.3, -0.25) is 9.59 Å². The number of carbonyl (C=O) groups is 2. The van der Waals surface area contributed by atoms with Crippen molar-refractivity contribution in [3.05, 3.63) is 47.9 Å². The van der Waals surface area contributed by atoms with E-state index < -0.39 is 0 Å². The van der Waals surface area contributed by atoms with Gasteiger partial charge < -0.3 is 30.1 Å². The molecule has 236 valence electrons. The van der Waals surface area contributed by atoms with Gasteiger partial charge in [-0.1, -0.05) is 52.8 Å². The third-order valence-corrected chi connectivity index (χ3v) is 8.16. The number of aromatic nitrogens is 2. The Labute approximate surface area is 257 Å². The zero-order chi connectivity index (χ0) is 31.0. The number of hydrogen-bond donors (Lipinski definition) is 2. The number of benzene rings is 1. The van der Waals surface area contributed by atoms with Crippen LogP contribution in [0.3, 0.4) is 0 Å². The molecule has 0 aliphatic carbocycles. The number of carbonyl (C=O) groups excluding carboxylic acids is 2. The van der Waals surface area contributed by atoms with Crippen molar-refractivity contribution in [3.63, 3.8) is 0 Å². The predicted octanol–water partition coefficient (Wildman–Crippen LogP) is 3.65. The van der Waals surface area contributed by atoms with Gasteiger partial charge in [-0.15, -0.1) is 0 Å². The maximum absolute atomic E-state index is 14.3. The van der Waals surface area contributed by atoms with Crippen LogP contribution in [0.25, 0.3) is 0 Å². The van der Waals surface area contributed by atoms with Crippen LogP contribution in [-0.4, -0.2) is 104 Å². The summed E-state index contributed by atoms with van der Waals surface area (Å²) in [6.45, 7) is 16.6. The van der Waals surface area contributed by atoms with Crippen LogP contribution in [-0.2, 0) is 14.9 Å². The summed E-state index contributed by atoms with van der Waals surface area (Å²) >= 11 is 0. The Morgan fingerprint density at radius 2 is 1.84 bits per heavy atom. The summed E-state index contributed by atoms with van der Waals surface area (Å²) in [5.41, 5.74) is 1.41. The average molecular weight is 594 g/mol. The molecule has 43 heavy (non-hydrogen) atoms. The molecule has 0 bridgehead atoms. The van der Waals surface area contributed by atoms with Crippen LogP contribution >= 0.6 is 0 Å². The van der Waals surface area contributed by atoms with E-state index in [0.717, 1.165) is 19.5 Å². The Kier molecular flexibility index (Phi) is 11.4. The standard InChI is InChI=1S/C33H51N7O3/c1-24(2)23-40(31(42)28-22-36-32(33(3,4)5)37-29(28)35-13-10-18-43-6)27-19-25(20-34-21-27)30(41)39-16-14-38(15-17-39)26-11-8-7-9-12-26/h7-9,11-12,22,24-25,27,34H,10,13-21,23H2,1-6H3,(H,35,36,37)/t25-,27+/m1/s1. The first-order chi connectivity index (χ1) is 20.6. The Hall–Kier alpha value is -3.24. The Bertz CT molecular complexity index is 1190. The van der Waals surface area contributed by atoms with E-state index in [1.165, 1.54) is 5.69 Å². The van der Waals surface area contributed by atoms with Crippen molar-refractivity contribution in [2.24, 2.45) is 11.8 Å². The summed E-state index contributed by atoms with van der Waals surface area (Å²) in [5, 5.41) is 6.86. The molecule has 2 fully saturated rings. The van der Waals surface area contributed by atoms with Crippen LogP contribution in [0, 0.1) is 11.8 Å². The fourth-order valence-corrected chi connectivity index (χ4v) is 5.83. The molecule has 0 spiro atoms. The van der Waals surface area contributed by atoms with Crippen LogP contribution in [0.2, 0.25) is 0 Å². The lowest BCUT2D eigenvalue weighted by Gasteiger charge is -2.41. The SMILES string of the molecule is COCCCNc1nc(C(C)(C)C)ncc1C(=O)N(CC(C)C)[C@@H]1CNC[C@H](C(=O)N2CCN(c3ccccc3)CC2)C1. The Morgan fingerprint density at radius 1 is 1.12 bits per heavy atom. The first kappa shape index (κ1) is 32.7. The molecule has 1 aromatic heterocycles. The van der Waals surface area contributed by atoms with Crippen LogP contribution in [0.4, 0.5) is 11.5 Å². The number of para-hydroxylation sites is 1. The molecule has 3 heterocycles. The Morgan fingerprint density at radius 3 is 2.49 bits per heavy atom. The van der Waals surface area contributed by atoms with E-state index in [2.05, 4.69) is 79.4 Å². The molecule has 2 saturated heterocycles. The molecule has 0 unspecified atom stereocenters. The highest BCUT2D eigenvalue weighted by molar-refractivity contribution is 5.98. The molecule has 2 amide bonds. The highest BCUT2D eigenvalue weighted by Gasteiger charge is 2.37. The minimum absolute atomic E-state index is 0.0974. The van der Waals surface area contributed by atoms with Crippen LogP contribution in [0.15, 0.2) is 36.5 Å². The zero-order valence-electron chi connectivity index (χ0n) is 26.9. The lowest BCUT2D eigenvalue weighted by molar-refractivity contribution is -0.137. The highest BCUT2D eigenvalue weighted by atomic mass is 16.5. The first-order valence-corrected chi connectivity index (χ1v) is 15.8. The van der Waals surface area contributed by atoms with Crippen LogP contribution in [0.1, 0.15) is 63.6 Å². The van der Waals surface area contributed by atoms with E-state index in [4.69, 9.17) is 9.72 Å². The number of methoxy groups -OCH3 is 1. The molecule has 2 aliphatic heterocycles. The molecule has 2 aromatic rings. The minimum atomic E-state index is -0.254. The van der Waals surface area contributed by atoms with E-state index in [1.54, 1.807) is 13.3 Å². The van der Waals surface area contributed by atoms with E-state index in [1.807, 2.05) is 15.9 Å². The number of rotatable bonds is 11. The molecular formula is C33H51N7O3. The van der Waals surface area contributed by atoms with Crippen molar-refractivity contribution in [2.75, 3.05) is 76.3 Å². The lowest BCUT2D eigenvalue weighted by Crippen LogP contribution is -2.57. The minimum Gasteiger partial charge on any atom is -0.385 e. The summed E-state index contributed by atoms with van der Waals surface area (Å²) in [4.78, 5) is 43.7. The third-order valence-electron chi connectivity index (χ3n) is 8.16. The quantitative estimate of drug-likeness (QED) is 0.381. The number of anilines is 2. The molecule has 1 aromatic carbocycles. The van der Waals surface area contributed by atoms with Gasteiger partial charge in [-0.25, -0.2) is 9.97 Å². The summed E-state index contributed by atoms with van der Waals surface area (Å²) < 4.78 is 5.21. The van der Waals surface area contributed by atoms with Crippen molar-refractivity contribution in [1.82, 2.24) is 25.1 Å². The van der Waals surface area contributed by atoms with Gasteiger partial charge in [0, 0.05) is 89.4 Å². The number of nitrogens with one attached hydrogen (secondary N) is 2. The fraction of sp³-hybridized carbons (Fsp3) is 0.636. The number of piperidine rings is 1. The number of hydrogen-bond acceptors (Lipinski definition) is 8. The first-order valence-electron chi connectivity index (χ1n) is 15.8.